The first-order chi connectivity index (χ1) is 18.9. The smallest absolute Gasteiger partial charge is 0.406 e. The SMILES string of the molecule is FC(F)(F)Oc1cc(CNCCCCOC2CN(c3nc4ccccc4c4cnccc34)C2)cc(C2CC2)c1. The van der Waals surface area contributed by atoms with Crippen LogP contribution in [0, 0.1) is 0 Å². The number of hydrogen-bond donors (Lipinski definition) is 1. The zero-order valence-electron chi connectivity index (χ0n) is 21.6. The number of anilines is 1. The lowest BCUT2D eigenvalue weighted by atomic mass is 10.1. The van der Waals surface area contributed by atoms with Crippen LogP contribution in [0.4, 0.5) is 19.0 Å². The molecule has 0 atom stereocenters. The summed E-state index contributed by atoms with van der Waals surface area (Å²) >= 11 is 0. The molecule has 0 unspecified atom stereocenters. The van der Waals surface area contributed by atoms with E-state index >= 15 is 0 Å². The second-order valence-electron chi connectivity index (χ2n) is 10.4. The summed E-state index contributed by atoms with van der Waals surface area (Å²) in [6, 6.07) is 15.1. The van der Waals surface area contributed by atoms with Gasteiger partial charge in [-0.2, -0.15) is 0 Å². The molecule has 2 fully saturated rings. The van der Waals surface area contributed by atoms with Crippen molar-refractivity contribution in [1.29, 1.82) is 0 Å². The topological polar surface area (TPSA) is 59.5 Å². The Bertz CT molecular complexity index is 1450. The molecule has 6 nitrogen and oxygen atoms in total. The third kappa shape index (κ3) is 6.25. The molecule has 6 rings (SSSR count). The number of benzene rings is 2. The van der Waals surface area contributed by atoms with Gasteiger partial charge in [-0.05, 0) is 73.5 Å². The molecule has 204 valence electrons. The van der Waals surface area contributed by atoms with E-state index in [2.05, 4.69) is 26.0 Å². The van der Waals surface area contributed by atoms with Gasteiger partial charge in [0.1, 0.15) is 11.6 Å². The van der Waals surface area contributed by atoms with Crippen molar-refractivity contribution in [2.24, 2.45) is 0 Å². The van der Waals surface area contributed by atoms with E-state index in [9.17, 15) is 13.2 Å². The third-order valence-corrected chi connectivity index (χ3v) is 7.33. The minimum atomic E-state index is -4.68. The van der Waals surface area contributed by atoms with E-state index < -0.39 is 6.36 Å². The Balaban J connectivity index is 0.935. The van der Waals surface area contributed by atoms with Crippen molar-refractivity contribution in [1.82, 2.24) is 15.3 Å². The van der Waals surface area contributed by atoms with Crippen LogP contribution in [0.15, 0.2) is 60.9 Å². The molecular weight excluding hydrogens is 505 g/mol. The summed E-state index contributed by atoms with van der Waals surface area (Å²) in [6.45, 7) is 3.57. The van der Waals surface area contributed by atoms with Gasteiger partial charge in [-0.25, -0.2) is 4.98 Å². The van der Waals surface area contributed by atoms with Crippen LogP contribution in [-0.2, 0) is 11.3 Å². The van der Waals surface area contributed by atoms with Crippen LogP contribution in [-0.4, -0.2) is 48.7 Å². The minimum absolute atomic E-state index is 0.129. The number of rotatable bonds is 11. The average Bonchev–Trinajstić information content (AvgIpc) is 3.74. The monoisotopic (exact) mass is 536 g/mol. The number of alkyl halides is 3. The van der Waals surface area contributed by atoms with Crippen LogP contribution < -0.4 is 15.0 Å². The maximum atomic E-state index is 12.7. The Morgan fingerprint density at radius 2 is 1.82 bits per heavy atom. The Morgan fingerprint density at radius 1 is 0.974 bits per heavy atom. The summed E-state index contributed by atoms with van der Waals surface area (Å²) in [6.07, 6.45) is 3.10. The maximum Gasteiger partial charge on any atom is 0.573 e. The Hall–Kier alpha value is -3.43. The fourth-order valence-corrected chi connectivity index (χ4v) is 5.20. The van der Waals surface area contributed by atoms with Gasteiger partial charge >= 0.3 is 6.36 Å². The van der Waals surface area contributed by atoms with Gasteiger partial charge in [0.05, 0.1) is 11.6 Å². The van der Waals surface area contributed by atoms with Crippen LogP contribution >= 0.6 is 0 Å². The Morgan fingerprint density at radius 3 is 2.64 bits per heavy atom. The van der Waals surface area contributed by atoms with Crippen molar-refractivity contribution >= 4 is 27.5 Å². The second kappa shape index (κ2) is 11.0. The van der Waals surface area contributed by atoms with Gasteiger partial charge in [0.2, 0.25) is 0 Å². The number of unbranched alkanes of at least 4 members (excludes halogenated alkanes) is 1. The first kappa shape index (κ1) is 25.8. The van der Waals surface area contributed by atoms with Gasteiger partial charge in [-0.1, -0.05) is 24.3 Å². The first-order valence-electron chi connectivity index (χ1n) is 13.5. The average molecular weight is 537 g/mol. The van der Waals surface area contributed by atoms with Crippen LogP contribution in [0.25, 0.3) is 21.7 Å². The van der Waals surface area contributed by atoms with E-state index in [1.807, 2.05) is 42.7 Å². The quantitative estimate of drug-likeness (QED) is 0.179. The number of pyridine rings is 2. The predicted molar refractivity (Wildman–Crippen MR) is 145 cm³/mol. The van der Waals surface area contributed by atoms with Gasteiger partial charge in [0.15, 0.2) is 0 Å². The van der Waals surface area contributed by atoms with Gasteiger partial charge in [0.25, 0.3) is 0 Å². The molecule has 3 heterocycles. The van der Waals surface area contributed by atoms with Crippen LogP contribution in [0.3, 0.4) is 0 Å². The largest absolute Gasteiger partial charge is 0.573 e. The number of nitrogens with one attached hydrogen (secondary N) is 1. The fraction of sp³-hybridized carbons (Fsp3) is 0.400. The molecule has 0 bridgehead atoms. The molecule has 0 amide bonds. The highest BCUT2D eigenvalue weighted by molar-refractivity contribution is 6.09. The van der Waals surface area contributed by atoms with Crippen molar-refractivity contribution in [3.8, 4) is 5.75 Å². The molecular formula is C30H31F3N4O2. The lowest BCUT2D eigenvalue weighted by molar-refractivity contribution is -0.274. The van der Waals surface area contributed by atoms with E-state index in [0.717, 1.165) is 83.9 Å². The molecule has 1 N–H and O–H groups in total. The predicted octanol–water partition coefficient (Wildman–Crippen LogP) is 6.33. The molecule has 2 aromatic carbocycles. The van der Waals surface area contributed by atoms with E-state index in [0.29, 0.717) is 19.1 Å². The van der Waals surface area contributed by atoms with Gasteiger partial charge in [-0.15, -0.1) is 13.2 Å². The zero-order valence-corrected chi connectivity index (χ0v) is 21.6. The summed E-state index contributed by atoms with van der Waals surface area (Å²) in [7, 11) is 0. The third-order valence-electron chi connectivity index (χ3n) is 7.33. The second-order valence-corrected chi connectivity index (χ2v) is 10.4. The van der Waals surface area contributed by atoms with E-state index in [1.54, 1.807) is 0 Å². The number of fused-ring (bicyclic) bond motifs is 3. The lowest BCUT2D eigenvalue weighted by Gasteiger charge is -2.40. The van der Waals surface area contributed by atoms with Gasteiger partial charge in [-0.3, -0.25) is 4.98 Å². The molecule has 0 spiro atoms. The zero-order chi connectivity index (χ0) is 26.8. The first-order valence-corrected chi connectivity index (χ1v) is 13.5. The summed E-state index contributed by atoms with van der Waals surface area (Å²) in [5, 5.41) is 6.66. The van der Waals surface area contributed by atoms with Crippen molar-refractivity contribution in [2.45, 2.75) is 50.6 Å². The molecule has 9 heteroatoms. The molecule has 39 heavy (non-hydrogen) atoms. The highest BCUT2D eigenvalue weighted by atomic mass is 19.4. The molecule has 1 aliphatic heterocycles. The van der Waals surface area contributed by atoms with Crippen molar-refractivity contribution in [2.75, 3.05) is 31.1 Å². The Kier molecular flexibility index (Phi) is 7.27. The van der Waals surface area contributed by atoms with E-state index in [4.69, 9.17) is 9.72 Å². The minimum Gasteiger partial charge on any atom is -0.406 e. The maximum absolute atomic E-state index is 12.7. The van der Waals surface area contributed by atoms with E-state index in [-0.39, 0.29) is 11.9 Å². The molecule has 4 aromatic rings. The van der Waals surface area contributed by atoms with Gasteiger partial charge in [0, 0.05) is 54.8 Å². The fourth-order valence-electron chi connectivity index (χ4n) is 5.20. The normalized spacial score (nSPS) is 16.1. The van der Waals surface area contributed by atoms with Crippen molar-refractivity contribution in [3.05, 3.63) is 72.1 Å². The number of hydrogen-bond acceptors (Lipinski definition) is 6. The molecule has 1 saturated heterocycles. The number of ether oxygens (including phenoxy) is 2. The van der Waals surface area contributed by atoms with Crippen molar-refractivity contribution < 1.29 is 22.6 Å². The van der Waals surface area contributed by atoms with Crippen LogP contribution in [0.1, 0.15) is 42.7 Å². The standard InChI is InChI=1S/C30H31F3N4O2/c31-30(32,33)39-23-14-20(13-22(15-23)21-7-8-21)16-34-10-3-4-12-38-24-18-37(19-24)29-26-9-11-35-17-27(26)25-5-1-2-6-28(25)36-29/h1-2,5-6,9,11,13-15,17,21,24,34H,3-4,7-8,10,12,16,18-19H2. The molecule has 2 aliphatic rings. The molecule has 0 radical (unpaired) electrons. The molecule has 1 aliphatic carbocycles. The summed E-state index contributed by atoms with van der Waals surface area (Å²) in [4.78, 5) is 11.5. The number of para-hydroxylation sites is 1. The highest BCUT2D eigenvalue weighted by Crippen LogP contribution is 2.42. The van der Waals surface area contributed by atoms with Gasteiger partial charge < -0.3 is 19.7 Å². The summed E-state index contributed by atoms with van der Waals surface area (Å²) < 4.78 is 48.4. The molecule has 2 aromatic heterocycles. The highest BCUT2D eigenvalue weighted by Gasteiger charge is 2.32. The van der Waals surface area contributed by atoms with E-state index in [1.165, 1.54) is 12.1 Å². The Labute approximate surface area is 225 Å². The number of nitrogens with zero attached hydrogens (tertiary/aromatic N) is 3. The van der Waals surface area contributed by atoms with Crippen LogP contribution in [0.2, 0.25) is 0 Å². The summed E-state index contributed by atoms with van der Waals surface area (Å²) in [5.74, 6) is 1.20. The lowest BCUT2D eigenvalue weighted by Crippen LogP contribution is -2.52. The number of halogens is 3. The summed E-state index contributed by atoms with van der Waals surface area (Å²) in [5.41, 5.74) is 2.71. The van der Waals surface area contributed by atoms with Crippen molar-refractivity contribution in [3.63, 3.8) is 0 Å². The number of aromatic nitrogens is 2. The van der Waals surface area contributed by atoms with Crippen LogP contribution in [0.5, 0.6) is 5.75 Å². The molecule has 1 saturated carbocycles.